The molecule has 1 saturated carbocycles. The van der Waals surface area contributed by atoms with E-state index in [2.05, 4.69) is 0 Å². The van der Waals surface area contributed by atoms with Crippen molar-refractivity contribution in [2.45, 2.75) is 24.9 Å². The third kappa shape index (κ3) is 1.31. The average Bonchev–Trinajstić information content (AvgIpc) is 2.11. The summed E-state index contributed by atoms with van der Waals surface area (Å²) in [6.07, 6.45) is 1.86. The second-order valence-electron chi connectivity index (χ2n) is 3.61. The molecule has 2 rings (SSSR count). The number of hydrogen-bond donors (Lipinski definition) is 1. The summed E-state index contributed by atoms with van der Waals surface area (Å²) in [6, 6.07) is 2.34. The largest absolute Gasteiger partial charge is 0.385 e. The third-order valence-corrected chi connectivity index (χ3v) is 3.06. The fraction of sp³-hybridized carbons (Fsp3) is 0.400. The van der Waals surface area contributed by atoms with Crippen molar-refractivity contribution in [1.82, 2.24) is 0 Å². The quantitative estimate of drug-likeness (QED) is 0.719. The molecule has 14 heavy (non-hydrogen) atoms. The lowest BCUT2D eigenvalue weighted by Gasteiger charge is -2.37. The lowest BCUT2D eigenvalue weighted by Crippen LogP contribution is -2.34. The number of hydrogen-bond acceptors (Lipinski definition) is 1. The van der Waals surface area contributed by atoms with Crippen LogP contribution < -0.4 is 0 Å². The minimum absolute atomic E-state index is 0.107. The maximum Gasteiger partial charge on any atom is 0.150 e. The fourth-order valence-corrected chi connectivity index (χ4v) is 1.83. The highest BCUT2D eigenvalue weighted by Crippen LogP contribution is 2.43. The summed E-state index contributed by atoms with van der Waals surface area (Å²) in [7, 11) is 0. The van der Waals surface area contributed by atoms with E-state index < -0.39 is 22.3 Å². The normalized spacial score (nSPS) is 19.1. The van der Waals surface area contributed by atoms with Crippen LogP contribution >= 0.6 is 11.6 Å². The summed E-state index contributed by atoms with van der Waals surface area (Å²) in [5, 5.41) is 9.32. The van der Waals surface area contributed by atoms with Gasteiger partial charge in [0.2, 0.25) is 0 Å². The van der Waals surface area contributed by atoms with Gasteiger partial charge < -0.3 is 5.11 Å². The molecular formula is C10H9ClF2O. The molecule has 0 bridgehead atoms. The van der Waals surface area contributed by atoms with Crippen molar-refractivity contribution in [1.29, 1.82) is 0 Å². The second-order valence-corrected chi connectivity index (χ2v) is 3.99. The third-order valence-electron chi connectivity index (χ3n) is 2.72. The standard InChI is InChI=1S/C10H9ClF2O/c11-8-7(12)3-2-6(9(8)13)10(14)4-1-5-10/h2-3,14H,1,4-5H2. The molecule has 0 saturated heterocycles. The van der Waals surface area contributed by atoms with Gasteiger partial charge >= 0.3 is 0 Å². The molecule has 1 aromatic carbocycles. The van der Waals surface area contributed by atoms with Crippen LogP contribution in [-0.4, -0.2) is 5.11 Å². The minimum Gasteiger partial charge on any atom is -0.385 e. The predicted octanol–water partition coefficient (Wildman–Crippen LogP) is 2.99. The summed E-state index contributed by atoms with van der Waals surface area (Å²) < 4.78 is 26.3. The maximum atomic E-state index is 13.4. The zero-order valence-electron chi connectivity index (χ0n) is 7.36. The van der Waals surface area contributed by atoms with Crippen LogP contribution in [0.15, 0.2) is 12.1 Å². The average molecular weight is 219 g/mol. The van der Waals surface area contributed by atoms with Crippen LogP contribution in [0.2, 0.25) is 5.02 Å². The molecule has 1 aliphatic carbocycles. The van der Waals surface area contributed by atoms with Gasteiger partial charge in [0.25, 0.3) is 0 Å². The molecule has 0 spiro atoms. The van der Waals surface area contributed by atoms with Gasteiger partial charge in [0.05, 0.1) is 5.60 Å². The first kappa shape index (κ1) is 9.87. The molecular weight excluding hydrogens is 210 g/mol. The molecule has 0 aliphatic heterocycles. The van der Waals surface area contributed by atoms with Crippen molar-refractivity contribution in [2.24, 2.45) is 0 Å². The monoisotopic (exact) mass is 218 g/mol. The number of rotatable bonds is 1. The first-order chi connectivity index (χ1) is 6.54. The molecule has 0 atom stereocenters. The topological polar surface area (TPSA) is 20.2 Å². The Kier molecular flexibility index (Phi) is 2.24. The van der Waals surface area contributed by atoms with E-state index in [0.29, 0.717) is 12.8 Å². The van der Waals surface area contributed by atoms with E-state index in [1.54, 1.807) is 0 Å². The van der Waals surface area contributed by atoms with Crippen LogP contribution in [0.5, 0.6) is 0 Å². The van der Waals surface area contributed by atoms with Crippen molar-refractivity contribution >= 4 is 11.6 Å². The highest BCUT2D eigenvalue weighted by molar-refractivity contribution is 6.30. The van der Waals surface area contributed by atoms with Crippen molar-refractivity contribution in [3.63, 3.8) is 0 Å². The lowest BCUT2D eigenvalue weighted by molar-refractivity contribution is -0.0417. The number of aliphatic hydroxyl groups is 1. The van der Waals surface area contributed by atoms with Crippen LogP contribution in [0, 0.1) is 11.6 Å². The Morgan fingerprint density at radius 1 is 1.29 bits per heavy atom. The van der Waals surface area contributed by atoms with Gasteiger partial charge in [0.1, 0.15) is 10.8 Å². The SMILES string of the molecule is OC1(c2ccc(F)c(Cl)c2F)CCC1. The molecule has 4 heteroatoms. The zero-order valence-corrected chi connectivity index (χ0v) is 8.11. The van der Waals surface area contributed by atoms with Crippen molar-refractivity contribution in [3.05, 3.63) is 34.4 Å². The van der Waals surface area contributed by atoms with Gasteiger partial charge in [0.15, 0.2) is 5.82 Å². The smallest absolute Gasteiger partial charge is 0.150 e. The summed E-state index contributed by atoms with van der Waals surface area (Å²) >= 11 is 5.41. The number of halogens is 3. The first-order valence-corrected chi connectivity index (χ1v) is 4.79. The molecule has 0 amide bonds. The highest BCUT2D eigenvalue weighted by Gasteiger charge is 2.39. The van der Waals surface area contributed by atoms with Crippen LogP contribution in [0.25, 0.3) is 0 Å². The van der Waals surface area contributed by atoms with E-state index in [4.69, 9.17) is 11.6 Å². The Bertz CT molecular complexity index is 375. The van der Waals surface area contributed by atoms with Gasteiger partial charge in [-0.25, -0.2) is 8.78 Å². The van der Waals surface area contributed by atoms with E-state index in [9.17, 15) is 13.9 Å². The van der Waals surface area contributed by atoms with Crippen LogP contribution in [0.3, 0.4) is 0 Å². The van der Waals surface area contributed by atoms with Gasteiger partial charge in [0, 0.05) is 5.56 Å². The fourth-order valence-electron chi connectivity index (χ4n) is 1.67. The van der Waals surface area contributed by atoms with Crippen molar-refractivity contribution < 1.29 is 13.9 Å². The molecule has 1 nitrogen and oxygen atoms in total. The van der Waals surface area contributed by atoms with E-state index in [1.165, 1.54) is 6.07 Å². The molecule has 0 aromatic heterocycles. The molecule has 0 radical (unpaired) electrons. The van der Waals surface area contributed by atoms with Crippen molar-refractivity contribution in [3.8, 4) is 0 Å². The van der Waals surface area contributed by atoms with Gasteiger partial charge in [-0.2, -0.15) is 0 Å². The van der Waals surface area contributed by atoms with Gasteiger partial charge in [-0.15, -0.1) is 0 Å². The summed E-state index contributed by atoms with van der Waals surface area (Å²) in [5.41, 5.74) is -1.03. The molecule has 1 aromatic rings. The molecule has 1 fully saturated rings. The van der Waals surface area contributed by atoms with Gasteiger partial charge in [-0.3, -0.25) is 0 Å². The lowest BCUT2D eigenvalue weighted by atomic mass is 9.75. The first-order valence-electron chi connectivity index (χ1n) is 4.41. The van der Waals surface area contributed by atoms with Gasteiger partial charge in [-0.05, 0) is 25.3 Å². The Balaban J connectivity index is 2.49. The van der Waals surface area contributed by atoms with Gasteiger partial charge in [-0.1, -0.05) is 17.7 Å². The second kappa shape index (κ2) is 3.17. The van der Waals surface area contributed by atoms with E-state index in [0.717, 1.165) is 12.5 Å². The Morgan fingerprint density at radius 3 is 2.43 bits per heavy atom. The highest BCUT2D eigenvalue weighted by atomic mass is 35.5. The molecule has 1 N–H and O–H groups in total. The van der Waals surface area contributed by atoms with E-state index in [1.807, 2.05) is 0 Å². The van der Waals surface area contributed by atoms with Crippen LogP contribution in [0.4, 0.5) is 8.78 Å². The molecule has 0 heterocycles. The van der Waals surface area contributed by atoms with Crippen LogP contribution in [-0.2, 0) is 5.60 Å². The zero-order chi connectivity index (χ0) is 10.3. The summed E-state index contributed by atoms with van der Waals surface area (Å²) in [6.45, 7) is 0. The van der Waals surface area contributed by atoms with E-state index >= 15 is 0 Å². The Morgan fingerprint density at radius 2 is 1.93 bits per heavy atom. The minimum atomic E-state index is -1.14. The number of benzene rings is 1. The predicted molar refractivity (Wildman–Crippen MR) is 49.1 cm³/mol. The molecule has 0 unspecified atom stereocenters. The Hall–Kier alpha value is -0.670. The summed E-state index contributed by atoms with van der Waals surface area (Å²) in [4.78, 5) is 0. The Labute approximate surface area is 85.3 Å². The van der Waals surface area contributed by atoms with Crippen LogP contribution in [0.1, 0.15) is 24.8 Å². The van der Waals surface area contributed by atoms with E-state index in [-0.39, 0.29) is 5.56 Å². The molecule has 76 valence electrons. The van der Waals surface area contributed by atoms with Crippen molar-refractivity contribution in [2.75, 3.05) is 0 Å². The maximum absolute atomic E-state index is 13.4. The molecule has 1 aliphatic rings. The summed E-state index contributed by atoms with van der Waals surface area (Å²) in [5.74, 6) is -1.63.